The number of benzene rings is 3. The van der Waals surface area contributed by atoms with Crippen LogP contribution in [0.25, 0.3) is 0 Å². The van der Waals surface area contributed by atoms with Crippen molar-refractivity contribution in [3.8, 4) is 5.75 Å². The van der Waals surface area contributed by atoms with E-state index in [0.717, 1.165) is 29.7 Å². The van der Waals surface area contributed by atoms with Crippen LogP contribution >= 0.6 is 0 Å². The molecule has 4 rings (SSSR count). The quantitative estimate of drug-likeness (QED) is 0.183. The smallest absolute Gasteiger partial charge is 0.253 e. The minimum absolute atomic E-state index is 0.0960. The van der Waals surface area contributed by atoms with E-state index in [0.29, 0.717) is 19.5 Å². The second-order valence-corrected chi connectivity index (χ2v) is 14.9. The zero-order chi connectivity index (χ0) is 35.6. The van der Waals surface area contributed by atoms with Crippen molar-refractivity contribution < 1.29 is 27.9 Å². The van der Waals surface area contributed by atoms with Crippen LogP contribution in [0.2, 0.25) is 0 Å². The molecule has 1 aliphatic rings. The molecule has 10 nitrogen and oxygen atoms in total. The summed E-state index contributed by atoms with van der Waals surface area (Å²) >= 11 is 0. The number of nitrogens with one attached hydrogen (secondary N) is 2. The summed E-state index contributed by atoms with van der Waals surface area (Å²) in [5.74, 6) is -0.238. The Hall–Kier alpha value is -4.19. The second-order valence-electron chi connectivity index (χ2n) is 12.9. The van der Waals surface area contributed by atoms with Crippen molar-refractivity contribution in [2.24, 2.45) is 0 Å². The number of hydrogen-bond acceptors (Lipinski definition) is 7. The van der Waals surface area contributed by atoms with E-state index >= 15 is 0 Å². The maximum atomic E-state index is 14.1. The van der Waals surface area contributed by atoms with Crippen molar-refractivity contribution in [3.63, 3.8) is 0 Å². The standard InChI is InChI=1S/C38H50N4O6S/c1-6-18-41(19-7-2)37(45)30-23-29(24-32(25-30)42-20-11-12-21-49(42,46)47)36(44)40-34(22-28-14-9-8-10-15-28)35(43)27-39-38(3,4)31-16-13-17-33(26-31)48-5/h8-17,23-26,34-35,39,43H,6-7,18-22,27H2,1-5H3,(H,40,44)/t34-,35+/m0/s1. The van der Waals surface area contributed by atoms with E-state index in [1.807, 2.05) is 82.3 Å². The number of aliphatic hydroxyl groups excluding tert-OH is 1. The fourth-order valence-electron chi connectivity index (χ4n) is 5.90. The summed E-state index contributed by atoms with van der Waals surface area (Å²) in [6.45, 7) is 9.32. The fraction of sp³-hybridized carbons (Fsp3) is 0.421. The van der Waals surface area contributed by atoms with E-state index in [4.69, 9.17) is 4.74 Å². The lowest BCUT2D eigenvalue weighted by Crippen LogP contribution is -2.51. The van der Waals surface area contributed by atoms with Crippen LogP contribution in [-0.2, 0) is 22.0 Å². The molecule has 0 saturated carbocycles. The largest absolute Gasteiger partial charge is 0.497 e. The lowest BCUT2D eigenvalue weighted by Gasteiger charge is -2.31. The molecule has 0 aromatic heterocycles. The van der Waals surface area contributed by atoms with Gasteiger partial charge in [-0.25, -0.2) is 8.42 Å². The molecule has 0 spiro atoms. The van der Waals surface area contributed by atoms with Gasteiger partial charge in [-0.15, -0.1) is 0 Å². The third-order valence-electron chi connectivity index (χ3n) is 8.69. The summed E-state index contributed by atoms with van der Waals surface area (Å²) < 4.78 is 32.8. The molecule has 11 heteroatoms. The van der Waals surface area contributed by atoms with Gasteiger partial charge < -0.3 is 25.4 Å². The van der Waals surface area contributed by atoms with Gasteiger partial charge in [0.1, 0.15) is 5.75 Å². The van der Waals surface area contributed by atoms with E-state index in [2.05, 4.69) is 10.6 Å². The molecule has 0 saturated heterocycles. The molecule has 0 unspecified atom stereocenters. The molecule has 2 amide bonds. The number of anilines is 1. The number of ether oxygens (including phenoxy) is 1. The van der Waals surface area contributed by atoms with Gasteiger partial charge in [0.15, 0.2) is 0 Å². The lowest BCUT2D eigenvalue weighted by atomic mass is 9.93. The Morgan fingerprint density at radius 2 is 1.65 bits per heavy atom. The number of hydrogen-bond donors (Lipinski definition) is 3. The highest BCUT2D eigenvalue weighted by Gasteiger charge is 2.29. The van der Waals surface area contributed by atoms with Gasteiger partial charge in [-0.2, -0.15) is 0 Å². The van der Waals surface area contributed by atoms with Gasteiger partial charge in [0.2, 0.25) is 10.0 Å². The summed E-state index contributed by atoms with van der Waals surface area (Å²) in [5, 5.41) is 18.0. The normalized spacial score (nSPS) is 15.3. The van der Waals surface area contributed by atoms with Crippen LogP contribution in [0, 0.1) is 0 Å². The van der Waals surface area contributed by atoms with Crippen molar-refractivity contribution in [2.75, 3.05) is 43.3 Å². The van der Waals surface area contributed by atoms with Crippen molar-refractivity contribution in [1.29, 1.82) is 0 Å². The van der Waals surface area contributed by atoms with Crippen LogP contribution in [0.3, 0.4) is 0 Å². The first kappa shape index (κ1) is 37.6. The highest BCUT2D eigenvalue weighted by atomic mass is 32.2. The molecule has 3 aromatic rings. The molecular formula is C38H50N4O6S. The summed E-state index contributed by atoms with van der Waals surface area (Å²) in [6, 6.07) is 21.1. The van der Waals surface area contributed by atoms with Crippen LogP contribution in [0.1, 0.15) is 72.4 Å². The Balaban J connectivity index is 1.66. The first-order valence-corrected chi connectivity index (χ1v) is 18.5. The monoisotopic (exact) mass is 690 g/mol. The van der Waals surface area contributed by atoms with Crippen molar-refractivity contribution in [2.45, 2.75) is 64.6 Å². The van der Waals surface area contributed by atoms with Gasteiger partial charge in [0.25, 0.3) is 11.8 Å². The van der Waals surface area contributed by atoms with Gasteiger partial charge in [-0.1, -0.05) is 68.5 Å². The topological polar surface area (TPSA) is 128 Å². The predicted octanol–water partition coefficient (Wildman–Crippen LogP) is 4.89. The third-order valence-corrected chi connectivity index (χ3v) is 10.3. The molecule has 0 aliphatic carbocycles. The Kier molecular flexibility index (Phi) is 13.0. The average Bonchev–Trinajstić information content (AvgIpc) is 3.10. The number of nitrogens with zero attached hydrogens (tertiary/aromatic N) is 2. The molecular weight excluding hydrogens is 641 g/mol. The molecule has 3 aromatic carbocycles. The highest BCUT2D eigenvalue weighted by molar-refractivity contribution is 7.93. The molecule has 1 heterocycles. The Labute approximate surface area is 291 Å². The predicted molar refractivity (Wildman–Crippen MR) is 195 cm³/mol. The number of methoxy groups -OCH3 is 1. The van der Waals surface area contributed by atoms with Crippen molar-refractivity contribution >= 4 is 27.5 Å². The molecule has 49 heavy (non-hydrogen) atoms. The lowest BCUT2D eigenvalue weighted by molar-refractivity contribution is 0.0755. The van der Waals surface area contributed by atoms with Gasteiger partial charge in [-0.3, -0.25) is 13.9 Å². The van der Waals surface area contributed by atoms with Gasteiger partial charge in [-0.05, 0) is 74.6 Å². The van der Waals surface area contributed by atoms with Crippen molar-refractivity contribution in [1.82, 2.24) is 15.5 Å². The van der Waals surface area contributed by atoms with E-state index in [9.17, 15) is 23.1 Å². The molecule has 2 atom stereocenters. The summed E-state index contributed by atoms with van der Waals surface area (Å²) in [7, 11) is -2.08. The van der Waals surface area contributed by atoms with E-state index < -0.39 is 33.6 Å². The zero-order valence-corrected chi connectivity index (χ0v) is 30.0. The van der Waals surface area contributed by atoms with Crippen LogP contribution in [0.4, 0.5) is 5.69 Å². The molecule has 264 valence electrons. The maximum Gasteiger partial charge on any atom is 0.253 e. The number of carbonyl (C=O) groups excluding carboxylic acids is 2. The first-order chi connectivity index (χ1) is 23.4. The summed E-state index contributed by atoms with van der Waals surface area (Å²) in [6.07, 6.45) is 4.19. The Morgan fingerprint density at radius 1 is 0.959 bits per heavy atom. The van der Waals surface area contributed by atoms with Crippen LogP contribution in [0.5, 0.6) is 5.75 Å². The average molecular weight is 691 g/mol. The summed E-state index contributed by atoms with van der Waals surface area (Å²) in [4.78, 5) is 29.6. The van der Waals surface area contributed by atoms with Crippen molar-refractivity contribution in [3.05, 3.63) is 107 Å². The summed E-state index contributed by atoms with van der Waals surface area (Å²) in [5.41, 5.74) is 1.97. The van der Waals surface area contributed by atoms with Gasteiger partial charge in [0.05, 0.1) is 37.2 Å². The Bertz CT molecular complexity index is 1700. The number of rotatable bonds is 16. The number of carbonyl (C=O) groups is 2. The van der Waals surface area contributed by atoms with Crippen LogP contribution in [-0.4, -0.2) is 81.4 Å². The van der Waals surface area contributed by atoms with E-state index in [1.165, 1.54) is 16.4 Å². The van der Waals surface area contributed by atoms with Gasteiger partial charge >= 0.3 is 0 Å². The van der Waals surface area contributed by atoms with Gasteiger partial charge in [0, 0.05) is 36.3 Å². The molecule has 0 bridgehead atoms. The Morgan fingerprint density at radius 3 is 2.31 bits per heavy atom. The molecule has 0 radical (unpaired) electrons. The number of amides is 2. The van der Waals surface area contributed by atoms with E-state index in [1.54, 1.807) is 30.2 Å². The van der Waals surface area contributed by atoms with E-state index in [-0.39, 0.29) is 41.6 Å². The molecule has 1 aliphatic heterocycles. The SMILES string of the molecule is CCCN(CCC)C(=O)c1cc(C(=O)N[C@@H](Cc2ccccc2)[C@H](O)CNC(C)(C)c2cccc(OC)c2)cc(N2CC=CCS2(=O)=O)c1. The van der Waals surface area contributed by atoms with Crippen LogP contribution < -0.4 is 19.7 Å². The molecule has 0 fully saturated rings. The fourth-order valence-corrected chi connectivity index (χ4v) is 7.19. The highest BCUT2D eigenvalue weighted by Crippen LogP contribution is 2.27. The first-order valence-electron chi connectivity index (χ1n) is 16.9. The number of aliphatic hydroxyl groups is 1. The maximum absolute atomic E-state index is 14.1. The minimum Gasteiger partial charge on any atom is -0.497 e. The second kappa shape index (κ2) is 17.0. The number of sulfonamides is 1. The minimum atomic E-state index is -3.69. The third kappa shape index (κ3) is 9.93. The van der Waals surface area contributed by atoms with Crippen LogP contribution in [0.15, 0.2) is 84.9 Å². The molecule has 3 N–H and O–H groups in total. The zero-order valence-electron chi connectivity index (χ0n) is 29.2.